The number of carboxylic acid groups (broad SMARTS) is 1. The quantitative estimate of drug-likeness (QED) is 0.733. The monoisotopic (exact) mass is 275 g/mol. The van der Waals surface area contributed by atoms with Gasteiger partial charge in [-0.05, 0) is 20.8 Å². The third kappa shape index (κ3) is 8.87. The number of hydrogen-bond donors (Lipinski definition) is 1. The predicted molar refractivity (Wildman–Crippen MR) is 66.7 cm³/mol. The number of esters is 1. The first-order chi connectivity index (χ1) is 8.65. The summed E-state index contributed by atoms with van der Waals surface area (Å²) in [5, 5.41) is 8.63. The lowest BCUT2D eigenvalue weighted by atomic mass is 10.2. The van der Waals surface area contributed by atoms with Gasteiger partial charge in [-0.3, -0.25) is 9.59 Å². The second-order valence-electron chi connectivity index (χ2n) is 4.94. The first kappa shape index (κ1) is 17.2. The van der Waals surface area contributed by atoms with Crippen molar-refractivity contribution in [3.8, 4) is 0 Å². The number of methoxy groups -OCH3 is 1. The highest BCUT2D eigenvalue weighted by Crippen LogP contribution is 2.10. The van der Waals surface area contributed by atoms with Crippen molar-refractivity contribution in [3.05, 3.63) is 0 Å². The van der Waals surface area contributed by atoms with Gasteiger partial charge < -0.3 is 19.5 Å². The van der Waals surface area contributed by atoms with Crippen molar-refractivity contribution in [2.75, 3.05) is 20.2 Å². The van der Waals surface area contributed by atoms with Crippen LogP contribution in [0.4, 0.5) is 4.79 Å². The summed E-state index contributed by atoms with van der Waals surface area (Å²) in [5.74, 6) is -1.49. The van der Waals surface area contributed by atoms with E-state index in [0.717, 1.165) is 0 Å². The van der Waals surface area contributed by atoms with E-state index < -0.39 is 23.6 Å². The third-order valence-corrected chi connectivity index (χ3v) is 2.06. The van der Waals surface area contributed by atoms with Gasteiger partial charge in [0.25, 0.3) is 0 Å². The molecule has 0 aromatic rings. The van der Waals surface area contributed by atoms with Crippen LogP contribution in [0.5, 0.6) is 0 Å². The highest BCUT2D eigenvalue weighted by Gasteiger charge is 2.23. The van der Waals surface area contributed by atoms with Crippen LogP contribution < -0.4 is 0 Å². The van der Waals surface area contributed by atoms with Crippen LogP contribution in [-0.4, -0.2) is 53.8 Å². The molecule has 0 fully saturated rings. The number of nitrogens with zero attached hydrogens (tertiary/aromatic N) is 1. The number of amides is 1. The molecule has 0 bridgehead atoms. The maximum atomic E-state index is 11.8. The fourth-order valence-corrected chi connectivity index (χ4v) is 1.18. The molecule has 0 aromatic heterocycles. The topological polar surface area (TPSA) is 93.1 Å². The Kier molecular flexibility index (Phi) is 6.89. The fourth-order valence-electron chi connectivity index (χ4n) is 1.18. The van der Waals surface area contributed by atoms with Crippen LogP contribution in [0.25, 0.3) is 0 Å². The normalized spacial score (nSPS) is 10.7. The number of carbonyl (C=O) groups excluding carboxylic acids is 2. The Labute approximate surface area is 112 Å². The maximum absolute atomic E-state index is 11.8. The van der Waals surface area contributed by atoms with Gasteiger partial charge in [-0.1, -0.05) is 0 Å². The molecule has 7 heteroatoms. The Bertz CT molecular complexity index is 334. The molecule has 1 amide bonds. The smallest absolute Gasteiger partial charge is 0.410 e. The molecule has 0 saturated heterocycles. The van der Waals surface area contributed by atoms with Crippen molar-refractivity contribution in [3.63, 3.8) is 0 Å². The van der Waals surface area contributed by atoms with E-state index in [4.69, 9.17) is 9.84 Å². The van der Waals surface area contributed by atoms with Crippen molar-refractivity contribution in [2.45, 2.75) is 39.2 Å². The molecule has 0 radical (unpaired) electrons. The zero-order chi connectivity index (χ0) is 15.1. The average molecular weight is 275 g/mol. The summed E-state index contributed by atoms with van der Waals surface area (Å²) in [6, 6.07) is 0. The number of hydrogen-bond acceptors (Lipinski definition) is 5. The Morgan fingerprint density at radius 2 is 1.63 bits per heavy atom. The molecule has 0 saturated carbocycles. The second kappa shape index (κ2) is 7.60. The van der Waals surface area contributed by atoms with E-state index >= 15 is 0 Å². The number of ether oxygens (including phenoxy) is 2. The third-order valence-electron chi connectivity index (χ3n) is 2.06. The van der Waals surface area contributed by atoms with E-state index in [1.54, 1.807) is 20.8 Å². The van der Waals surface area contributed by atoms with Crippen LogP contribution in [0.3, 0.4) is 0 Å². The van der Waals surface area contributed by atoms with Crippen molar-refractivity contribution < 1.29 is 29.0 Å². The molecule has 0 rings (SSSR count). The van der Waals surface area contributed by atoms with E-state index in [0.29, 0.717) is 0 Å². The molecule has 19 heavy (non-hydrogen) atoms. The van der Waals surface area contributed by atoms with E-state index in [2.05, 4.69) is 4.74 Å². The van der Waals surface area contributed by atoms with Crippen LogP contribution in [0.15, 0.2) is 0 Å². The number of aliphatic carboxylic acids is 1. The van der Waals surface area contributed by atoms with E-state index in [-0.39, 0.29) is 25.9 Å². The van der Waals surface area contributed by atoms with Crippen LogP contribution in [-0.2, 0) is 19.1 Å². The van der Waals surface area contributed by atoms with E-state index in [9.17, 15) is 14.4 Å². The van der Waals surface area contributed by atoms with Crippen LogP contribution in [0, 0.1) is 0 Å². The first-order valence-electron chi connectivity index (χ1n) is 5.92. The summed E-state index contributed by atoms with van der Waals surface area (Å²) in [7, 11) is 1.25. The molecule has 0 aliphatic rings. The molecule has 7 nitrogen and oxygen atoms in total. The zero-order valence-electron chi connectivity index (χ0n) is 11.8. The van der Waals surface area contributed by atoms with Crippen LogP contribution in [0.2, 0.25) is 0 Å². The number of carbonyl (C=O) groups is 3. The minimum absolute atomic E-state index is 0.00460. The average Bonchev–Trinajstić information content (AvgIpc) is 2.25. The Morgan fingerprint density at radius 3 is 2.05 bits per heavy atom. The van der Waals surface area contributed by atoms with E-state index in [1.165, 1.54) is 12.0 Å². The largest absolute Gasteiger partial charge is 0.481 e. The zero-order valence-corrected chi connectivity index (χ0v) is 11.8. The summed E-state index contributed by atoms with van der Waals surface area (Å²) < 4.78 is 9.61. The van der Waals surface area contributed by atoms with Crippen molar-refractivity contribution in [1.29, 1.82) is 0 Å². The Balaban J connectivity index is 4.51. The van der Waals surface area contributed by atoms with Gasteiger partial charge in [0, 0.05) is 13.1 Å². The molecule has 0 aliphatic carbocycles. The molecule has 1 N–H and O–H groups in total. The molecule has 0 heterocycles. The summed E-state index contributed by atoms with van der Waals surface area (Å²) >= 11 is 0. The molecule has 0 aliphatic heterocycles. The molecule has 110 valence electrons. The van der Waals surface area contributed by atoms with Gasteiger partial charge in [-0.15, -0.1) is 0 Å². The lowest BCUT2D eigenvalue weighted by Crippen LogP contribution is -2.39. The molecular weight excluding hydrogens is 254 g/mol. The predicted octanol–water partition coefficient (Wildman–Crippen LogP) is 1.26. The van der Waals surface area contributed by atoms with Crippen molar-refractivity contribution in [2.24, 2.45) is 0 Å². The van der Waals surface area contributed by atoms with Gasteiger partial charge in [0.15, 0.2) is 0 Å². The summed E-state index contributed by atoms with van der Waals surface area (Å²) in [5.41, 5.74) is -0.677. The van der Waals surface area contributed by atoms with Crippen molar-refractivity contribution in [1.82, 2.24) is 4.90 Å². The summed E-state index contributed by atoms with van der Waals surface area (Å²) in [4.78, 5) is 34.6. The Hall–Kier alpha value is -1.79. The molecular formula is C12H21NO6. The van der Waals surface area contributed by atoms with Gasteiger partial charge in [0.05, 0.1) is 20.0 Å². The van der Waals surface area contributed by atoms with Gasteiger partial charge in [0.1, 0.15) is 5.60 Å². The molecule has 0 aromatic carbocycles. The highest BCUT2D eigenvalue weighted by molar-refractivity contribution is 5.73. The van der Waals surface area contributed by atoms with E-state index in [1.807, 2.05) is 0 Å². The van der Waals surface area contributed by atoms with Crippen molar-refractivity contribution >= 4 is 18.0 Å². The first-order valence-corrected chi connectivity index (χ1v) is 5.92. The van der Waals surface area contributed by atoms with Gasteiger partial charge in [0.2, 0.25) is 0 Å². The second-order valence-corrected chi connectivity index (χ2v) is 4.94. The summed E-state index contributed by atoms with van der Waals surface area (Å²) in [6.07, 6.45) is -0.854. The molecule has 0 spiro atoms. The van der Waals surface area contributed by atoms with Gasteiger partial charge >= 0.3 is 18.0 Å². The maximum Gasteiger partial charge on any atom is 0.410 e. The highest BCUT2D eigenvalue weighted by atomic mass is 16.6. The minimum atomic E-state index is -1.02. The molecule has 0 atom stereocenters. The number of rotatable bonds is 6. The van der Waals surface area contributed by atoms with Gasteiger partial charge in [-0.2, -0.15) is 0 Å². The SMILES string of the molecule is COC(=O)CCN(CCC(=O)O)C(=O)OC(C)(C)C. The van der Waals surface area contributed by atoms with Crippen LogP contribution in [0.1, 0.15) is 33.6 Å². The standard InChI is InChI=1S/C12H21NO6/c1-12(2,3)19-11(17)13(7-5-9(14)15)8-6-10(16)18-4/h5-8H2,1-4H3,(H,14,15). The number of carboxylic acids is 1. The molecule has 0 unspecified atom stereocenters. The minimum Gasteiger partial charge on any atom is -0.481 e. The fraction of sp³-hybridized carbons (Fsp3) is 0.750. The summed E-state index contributed by atoms with van der Waals surface area (Å²) in [6.45, 7) is 5.18. The lowest BCUT2D eigenvalue weighted by Gasteiger charge is -2.26. The Morgan fingerprint density at radius 1 is 1.11 bits per heavy atom. The van der Waals surface area contributed by atoms with Gasteiger partial charge in [-0.25, -0.2) is 4.79 Å². The lowest BCUT2D eigenvalue weighted by molar-refractivity contribution is -0.140. The van der Waals surface area contributed by atoms with Crippen LogP contribution >= 0.6 is 0 Å².